The maximum Gasteiger partial charge on any atom is 0.307 e. The van der Waals surface area contributed by atoms with E-state index in [-0.39, 0.29) is 18.2 Å². The Morgan fingerprint density at radius 2 is 2.00 bits per heavy atom. The Kier molecular flexibility index (Phi) is 5.35. The Labute approximate surface area is 153 Å². The summed E-state index contributed by atoms with van der Waals surface area (Å²) in [6.07, 6.45) is 5.27. The van der Waals surface area contributed by atoms with E-state index in [4.69, 9.17) is 5.11 Å². The van der Waals surface area contributed by atoms with Crippen LogP contribution in [-0.2, 0) is 22.6 Å². The summed E-state index contributed by atoms with van der Waals surface area (Å²) in [5, 5.41) is 9.02. The number of carbonyl (C=O) groups excluding carboxylic acids is 1. The van der Waals surface area contributed by atoms with Crippen molar-refractivity contribution in [3.05, 3.63) is 53.3 Å². The van der Waals surface area contributed by atoms with Gasteiger partial charge in [-0.05, 0) is 49.4 Å². The molecule has 1 heterocycles. The third-order valence-corrected chi connectivity index (χ3v) is 4.70. The van der Waals surface area contributed by atoms with Gasteiger partial charge in [0.15, 0.2) is 0 Å². The number of amides is 1. The largest absolute Gasteiger partial charge is 0.481 e. The van der Waals surface area contributed by atoms with Gasteiger partial charge in [0, 0.05) is 37.0 Å². The van der Waals surface area contributed by atoms with E-state index in [1.165, 1.54) is 0 Å². The van der Waals surface area contributed by atoms with Gasteiger partial charge in [-0.15, -0.1) is 0 Å². The van der Waals surface area contributed by atoms with Crippen LogP contribution < -0.4 is 0 Å². The molecule has 1 N–H and O–H groups in total. The van der Waals surface area contributed by atoms with Crippen molar-refractivity contribution in [1.82, 2.24) is 9.88 Å². The monoisotopic (exact) mass is 352 g/mol. The predicted molar refractivity (Wildman–Crippen MR) is 99.6 cm³/mol. The average molecular weight is 352 g/mol. The zero-order valence-corrected chi connectivity index (χ0v) is 15.2. The van der Waals surface area contributed by atoms with Crippen molar-refractivity contribution in [1.29, 1.82) is 0 Å². The van der Waals surface area contributed by atoms with Crippen LogP contribution in [0.1, 0.15) is 36.5 Å². The molecule has 1 saturated carbocycles. The van der Waals surface area contributed by atoms with Crippen LogP contribution in [0.2, 0.25) is 0 Å². The SMILES string of the molecule is CCN(Cc1cc(C)ccc1-c1cncc(CC(=O)O)c1)C(=O)C1CC1. The number of hydrogen-bond acceptors (Lipinski definition) is 3. The van der Waals surface area contributed by atoms with Gasteiger partial charge in [0.05, 0.1) is 6.42 Å². The fraction of sp³-hybridized carbons (Fsp3) is 0.381. The Morgan fingerprint density at radius 1 is 1.23 bits per heavy atom. The van der Waals surface area contributed by atoms with Crippen molar-refractivity contribution >= 4 is 11.9 Å². The molecular weight excluding hydrogens is 328 g/mol. The van der Waals surface area contributed by atoms with E-state index in [9.17, 15) is 9.59 Å². The van der Waals surface area contributed by atoms with Crippen LogP contribution in [-0.4, -0.2) is 33.4 Å². The normalized spacial score (nSPS) is 13.5. The molecule has 0 bridgehead atoms. The molecule has 0 aliphatic heterocycles. The van der Waals surface area contributed by atoms with Crippen molar-refractivity contribution in [2.45, 2.75) is 39.7 Å². The van der Waals surface area contributed by atoms with Crippen LogP contribution in [0, 0.1) is 12.8 Å². The molecule has 136 valence electrons. The lowest BCUT2D eigenvalue weighted by Gasteiger charge is -2.23. The highest BCUT2D eigenvalue weighted by Gasteiger charge is 2.33. The second-order valence-electron chi connectivity index (χ2n) is 6.94. The van der Waals surface area contributed by atoms with E-state index in [0.717, 1.165) is 35.1 Å². The van der Waals surface area contributed by atoms with Gasteiger partial charge in [0.2, 0.25) is 5.91 Å². The molecule has 0 spiro atoms. The van der Waals surface area contributed by atoms with E-state index in [2.05, 4.69) is 11.1 Å². The fourth-order valence-electron chi connectivity index (χ4n) is 3.18. The number of benzene rings is 1. The Hall–Kier alpha value is -2.69. The Balaban J connectivity index is 1.92. The van der Waals surface area contributed by atoms with Crippen LogP contribution in [0.5, 0.6) is 0 Å². The smallest absolute Gasteiger partial charge is 0.307 e. The summed E-state index contributed by atoms with van der Waals surface area (Å²) in [6, 6.07) is 8.03. The molecule has 1 fully saturated rings. The lowest BCUT2D eigenvalue weighted by atomic mass is 9.97. The number of aryl methyl sites for hydroxylation is 1. The summed E-state index contributed by atoms with van der Waals surface area (Å²) in [7, 11) is 0. The Bertz CT molecular complexity index is 828. The molecule has 3 rings (SSSR count). The molecule has 26 heavy (non-hydrogen) atoms. The van der Waals surface area contributed by atoms with Gasteiger partial charge < -0.3 is 10.0 Å². The minimum atomic E-state index is -0.875. The zero-order chi connectivity index (χ0) is 18.7. The number of carboxylic acid groups (broad SMARTS) is 1. The lowest BCUT2D eigenvalue weighted by molar-refractivity contribution is -0.136. The maximum atomic E-state index is 12.5. The van der Waals surface area contributed by atoms with Gasteiger partial charge in [-0.3, -0.25) is 14.6 Å². The predicted octanol–water partition coefficient (Wildman–Crippen LogP) is 3.44. The van der Waals surface area contributed by atoms with Gasteiger partial charge >= 0.3 is 5.97 Å². The van der Waals surface area contributed by atoms with Crippen LogP contribution >= 0.6 is 0 Å². The van der Waals surface area contributed by atoms with E-state index < -0.39 is 5.97 Å². The molecule has 0 radical (unpaired) electrons. The molecule has 1 aromatic heterocycles. The number of hydrogen-bond donors (Lipinski definition) is 1. The lowest BCUT2D eigenvalue weighted by Crippen LogP contribution is -2.31. The van der Waals surface area contributed by atoms with Crippen molar-refractivity contribution < 1.29 is 14.7 Å². The molecule has 2 aromatic rings. The van der Waals surface area contributed by atoms with E-state index in [1.54, 1.807) is 12.4 Å². The molecule has 5 heteroatoms. The quantitative estimate of drug-likeness (QED) is 0.829. The Morgan fingerprint density at radius 3 is 2.65 bits per heavy atom. The zero-order valence-electron chi connectivity index (χ0n) is 15.2. The van der Waals surface area contributed by atoms with E-state index in [0.29, 0.717) is 18.7 Å². The van der Waals surface area contributed by atoms with Gasteiger partial charge in [-0.1, -0.05) is 23.8 Å². The third-order valence-electron chi connectivity index (χ3n) is 4.70. The van der Waals surface area contributed by atoms with Crippen LogP contribution in [0.3, 0.4) is 0 Å². The average Bonchev–Trinajstić information content (AvgIpc) is 3.44. The molecule has 0 atom stereocenters. The molecular formula is C21H24N2O3. The number of rotatable bonds is 7. The molecule has 5 nitrogen and oxygen atoms in total. The van der Waals surface area contributed by atoms with Gasteiger partial charge in [-0.2, -0.15) is 0 Å². The van der Waals surface area contributed by atoms with Crippen molar-refractivity contribution in [2.75, 3.05) is 6.54 Å². The summed E-state index contributed by atoms with van der Waals surface area (Å²) in [5.41, 5.74) is 4.75. The van der Waals surface area contributed by atoms with Crippen molar-refractivity contribution in [3.63, 3.8) is 0 Å². The first-order chi connectivity index (χ1) is 12.5. The number of nitrogens with zero attached hydrogens (tertiary/aromatic N) is 2. The second kappa shape index (κ2) is 7.68. The van der Waals surface area contributed by atoms with Gasteiger partial charge in [0.1, 0.15) is 0 Å². The van der Waals surface area contributed by atoms with Gasteiger partial charge in [0.25, 0.3) is 0 Å². The molecule has 1 aliphatic carbocycles. The van der Waals surface area contributed by atoms with E-state index in [1.807, 2.05) is 36.9 Å². The minimum absolute atomic E-state index is 0.0523. The fourth-order valence-corrected chi connectivity index (χ4v) is 3.18. The maximum absolute atomic E-state index is 12.5. The van der Waals surface area contributed by atoms with Crippen molar-refractivity contribution in [3.8, 4) is 11.1 Å². The molecule has 1 aliphatic rings. The summed E-state index contributed by atoms with van der Waals surface area (Å²) in [4.78, 5) is 29.6. The van der Waals surface area contributed by atoms with Gasteiger partial charge in [-0.25, -0.2) is 0 Å². The number of aromatic nitrogens is 1. The van der Waals surface area contributed by atoms with Crippen LogP contribution in [0.4, 0.5) is 0 Å². The standard InChI is InChI=1S/C21H24N2O3/c1-3-23(21(26)16-5-6-16)13-18-8-14(2)4-7-19(18)17-9-15(10-20(24)25)11-22-12-17/h4,7-9,11-12,16H,3,5-6,10,13H2,1-2H3,(H,24,25). The second-order valence-corrected chi connectivity index (χ2v) is 6.94. The highest BCUT2D eigenvalue weighted by atomic mass is 16.4. The first-order valence-corrected chi connectivity index (χ1v) is 9.02. The third kappa shape index (κ3) is 4.28. The summed E-state index contributed by atoms with van der Waals surface area (Å²) in [5.74, 6) is -0.443. The summed E-state index contributed by atoms with van der Waals surface area (Å²) in [6.45, 7) is 5.28. The number of carboxylic acids is 1. The number of carbonyl (C=O) groups is 2. The highest BCUT2D eigenvalue weighted by Crippen LogP contribution is 2.32. The molecule has 0 unspecified atom stereocenters. The van der Waals surface area contributed by atoms with Crippen molar-refractivity contribution in [2.24, 2.45) is 5.92 Å². The highest BCUT2D eigenvalue weighted by molar-refractivity contribution is 5.81. The molecule has 0 saturated heterocycles. The molecule has 1 amide bonds. The van der Waals surface area contributed by atoms with Crippen LogP contribution in [0.15, 0.2) is 36.7 Å². The van der Waals surface area contributed by atoms with E-state index >= 15 is 0 Å². The minimum Gasteiger partial charge on any atom is -0.481 e. The molecule has 1 aromatic carbocycles. The topological polar surface area (TPSA) is 70.5 Å². The first-order valence-electron chi connectivity index (χ1n) is 9.02. The summed E-state index contributed by atoms with van der Waals surface area (Å²) < 4.78 is 0. The van der Waals surface area contributed by atoms with Crippen LogP contribution in [0.25, 0.3) is 11.1 Å². The first kappa shape index (κ1) is 18.1. The number of pyridine rings is 1. The number of aliphatic carboxylic acids is 1. The summed E-state index contributed by atoms with van der Waals surface area (Å²) >= 11 is 0.